The maximum absolute atomic E-state index is 11.6. The molecule has 2 aliphatic carbocycles. The Labute approximate surface area is 151 Å². The van der Waals surface area contributed by atoms with E-state index in [1.165, 1.54) is 24.8 Å². The molecule has 2 aliphatic rings. The van der Waals surface area contributed by atoms with Gasteiger partial charge in [-0.25, -0.2) is 4.79 Å². The molecular weight excluding hydrogens is 312 g/mol. The third kappa shape index (κ3) is 2.96. The fourth-order valence-electron chi connectivity index (χ4n) is 5.33. The van der Waals surface area contributed by atoms with Crippen LogP contribution in [0, 0.1) is 16.7 Å². The minimum Gasteiger partial charge on any atom is -0.479 e. The summed E-state index contributed by atoms with van der Waals surface area (Å²) in [5, 5.41) is 9.53. The highest BCUT2D eigenvalue weighted by Gasteiger charge is 2.61. The quantitative estimate of drug-likeness (QED) is 0.696. The number of rotatable bonds is 7. The third-order valence-electron chi connectivity index (χ3n) is 7.45. The molecule has 3 nitrogen and oxygen atoms in total. The summed E-state index contributed by atoms with van der Waals surface area (Å²) in [6.45, 7) is 9.32. The fourth-order valence-corrected chi connectivity index (χ4v) is 5.33. The minimum atomic E-state index is -0.859. The predicted molar refractivity (Wildman–Crippen MR) is 100.0 cm³/mol. The second-order valence-electron chi connectivity index (χ2n) is 8.79. The summed E-state index contributed by atoms with van der Waals surface area (Å²) in [7, 11) is 0. The molecular formula is C22H32O3. The van der Waals surface area contributed by atoms with Gasteiger partial charge in [-0.2, -0.15) is 0 Å². The molecule has 0 spiro atoms. The maximum atomic E-state index is 11.6. The van der Waals surface area contributed by atoms with Gasteiger partial charge in [-0.1, -0.05) is 52.3 Å². The summed E-state index contributed by atoms with van der Waals surface area (Å²) in [6.07, 6.45) is 5.42. The van der Waals surface area contributed by atoms with Gasteiger partial charge in [0.25, 0.3) is 0 Å². The topological polar surface area (TPSA) is 46.5 Å². The van der Waals surface area contributed by atoms with Gasteiger partial charge in [-0.15, -0.1) is 0 Å². The Morgan fingerprint density at radius 3 is 2.60 bits per heavy atom. The number of benzene rings is 1. The molecule has 1 N–H and O–H groups in total. The highest BCUT2D eigenvalue weighted by atomic mass is 16.5. The summed E-state index contributed by atoms with van der Waals surface area (Å²) in [5.74, 6) is 1.13. The largest absolute Gasteiger partial charge is 0.479 e. The Morgan fingerprint density at radius 2 is 2.04 bits per heavy atom. The van der Waals surface area contributed by atoms with Gasteiger partial charge in [-0.3, -0.25) is 0 Å². The monoisotopic (exact) mass is 344 g/mol. The Hall–Kier alpha value is -1.51. The number of aliphatic carboxylic acids is 1. The number of carboxylic acids is 1. The predicted octanol–water partition coefficient (Wildman–Crippen LogP) is 5.64. The first-order chi connectivity index (χ1) is 11.8. The zero-order valence-corrected chi connectivity index (χ0v) is 16.0. The smallest absolute Gasteiger partial charge is 0.344 e. The van der Waals surface area contributed by atoms with E-state index in [1.807, 2.05) is 12.1 Å². The second-order valence-corrected chi connectivity index (χ2v) is 8.79. The van der Waals surface area contributed by atoms with Crippen LogP contribution in [0.25, 0.3) is 0 Å². The second kappa shape index (κ2) is 6.66. The Balaban J connectivity index is 1.88. The van der Waals surface area contributed by atoms with E-state index < -0.39 is 12.1 Å². The molecule has 1 aromatic carbocycles. The van der Waals surface area contributed by atoms with Crippen molar-refractivity contribution in [1.82, 2.24) is 0 Å². The number of para-hydroxylation sites is 1. The molecule has 0 heterocycles. The molecule has 2 fully saturated rings. The van der Waals surface area contributed by atoms with Gasteiger partial charge < -0.3 is 9.84 Å². The standard InChI is InChI=1S/C22H32O3/c1-5-6-10-19(20(23)24)25-18-11-8-7-9-16(18)17-14-15-12-13-22(17,4)21(15,2)3/h7-9,11,15,17,19H,5-6,10,12-14H2,1-4H3,(H,23,24). The summed E-state index contributed by atoms with van der Waals surface area (Å²) >= 11 is 0. The van der Waals surface area contributed by atoms with Crippen LogP contribution in [0.5, 0.6) is 5.75 Å². The van der Waals surface area contributed by atoms with Crippen molar-refractivity contribution < 1.29 is 14.6 Å². The molecule has 1 aromatic rings. The van der Waals surface area contributed by atoms with Crippen molar-refractivity contribution in [3.8, 4) is 5.75 Å². The van der Waals surface area contributed by atoms with Crippen LogP contribution in [0.3, 0.4) is 0 Å². The lowest BCUT2D eigenvalue weighted by Crippen LogP contribution is -2.32. The summed E-state index contributed by atoms with van der Waals surface area (Å²) in [4.78, 5) is 11.6. The van der Waals surface area contributed by atoms with E-state index in [-0.39, 0.29) is 5.41 Å². The van der Waals surface area contributed by atoms with Crippen molar-refractivity contribution in [2.45, 2.75) is 78.2 Å². The number of unbranched alkanes of at least 4 members (excludes halogenated alkanes) is 1. The fraction of sp³-hybridized carbons (Fsp3) is 0.682. The van der Waals surface area contributed by atoms with Crippen LogP contribution < -0.4 is 4.74 Å². The Morgan fingerprint density at radius 1 is 1.32 bits per heavy atom. The van der Waals surface area contributed by atoms with E-state index in [0.717, 1.165) is 24.5 Å². The van der Waals surface area contributed by atoms with Gasteiger partial charge in [0.1, 0.15) is 5.75 Å². The van der Waals surface area contributed by atoms with Gasteiger partial charge in [0.2, 0.25) is 0 Å². The zero-order chi connectivity index (χ0) is 18.2. The lowest BCUT2D eigenvalue weighted by atomic mass is 9.65. The number of hydrogen-bond acceptors (Lipinski definition) is 2. The molecule has 4 unspecified atom stereocenters. The molecule has 0 aliphatic heterocycles. The van der Waals surface area contributed by atoms with Crippen LogP contribution in [0.4, 0.5) is 0 Å². The average Bonchev–Trinajstić information content (AvgIpc) is 2.92. The number of fused-ring (bicyclic) bond motifs is 2. The van der Waals surface area contributed by atoms with Crippen LogP contribution in [0.15, 0.2) is 24.3 Å². The first-order valence-electron chi connectivity index (χ1n) is 9.79. The van der Waals surface area contributed by atoms with E-state index in [1.54, 1.807) is 0 Å². The number of ether oxygens (including phenoxy) is 1. The summed E-state index contributed by atoms with van der Waals surface area (Å²) < 4.78 is 6.04. The highest BCUT2D eigenvalue weighted by Crippen LogP contribution is 2.71. The number of hydrogen-bond donors (Lipinski definition) is 1. The molecule has 2 saturated carbocycles. The van der Waals surface area contributed by atoms with Crippen molar-refractivity contribution >= 4 is 5.97 Å². The molecule has 3 rings (SSSR count). The molecule has 4 atom stereocenters. The van der Waals surface area contributed by atoms with Gasteiger partial charge in [0.05, 0.1) is 0 Å². The zero-order valence-electron chi connectivity index (χ0n) is 16.0. The molecule has 0 saturated heterocycles. The van der Waals surface area contributed by atoms with Gasteiger partial charge >= 0.3 is 5.97 Å². The summed E-state index contributed by atoms with van der Waals surface area (Å²) in [5.41, 5.74) is 1.81. The van der Waals surface area contributed by atoms with Crippen LogP contribution in [0.2, 0.25) is 0 Å². The van der Waals surface area contributed by atoms with Crippen LogP contribution in [0.1, 0.15) is 77.7 Å². The van der Waals surface area contributed by atoms with Gasteiger partial charge in [-0.05, 0) is 66.4 Å². The first-order valence-corrected chi connectivity index (χ1v) is 9.79. The third-order valence-corrected chi connectivity index (χ3v) is 7.45. The van der Waals surface area contributed by atoms with Crippen molar-refractivity contribution in [3.63, 3.8) is 0 Å². The Kier molecular flexibility index (Phi) is 4.87. The van der Waals surface area contributed by atoms with E-state index >= 15 is 0 Å². The van der Waals surface area contributed by atoms with E-state index in [0.29, 0.717) is 17.8 Å². The van der Waals surface area contributed by atoms with Gasteiger partial charge in [0, 0.05) is 0 Å². The molecule has 25 heavy (non-hydrogen) atoms. The molecule has 2 bridgehead atoms. The average molecular weight is 344 g/mol. The van der Waals surface area contributed by atoms with Crippen molar-refractivity contribution in [2.24, 2.45) is 16.7 Å². The van der Waals surface area contributed by atoms with Gasteiger partial charge in [0.15, 0.2) is 6.10 Å². The highest BCUT2D eigenvalue weighted by molar-refractivity contribution is 5.72. The van der Waals surface area contributed by atoms with Crippen molar-refractivity contribution in [3.05, 3.63) is 29.8 Å². The minimum absolute atomic E-state index is 0.263. The molecule has 3 heteroatoms. The van der Waals surface area contributed by atoms with Crippen LogP contribution >= 0.6 is 0 Å². The van der Waals surface area contributed by atoms with E-state index in [9.17, 15) is 9.90 Å². The SMILES string of the molecule is CCCCC(Oc1ccccc1C1CC2CCC1(C)C2(C)C)C(=O)O. The van der Waals surface area contributed by atoms with Crippen molar-refractivity contribution in [1.29, 1.82) is 0 Å². The molecule has 0 radical (unpaired) electrons. The molecule has 138 valence electrons. The maximum Gasteiger partial charge on any atom is 0.344 e. The first kappa shape index (κ1) is 18.3. The molecule has 0 aromatic heterocycles. The summed E-state index contributed by atoms with van der Waals surface area (Å²) in [6, 6.07) is 8.13. The van der Waals surface area contributed by atoms with E-state index in [2.05, 4.69) is 39.8 Å². The van der Waals surface area contributed by atoms with Crippen molar-refractivity contribution in [2.75, 3.05) is 0 Å². The lowest BCUT2D eigenvalue weighted by molar-refractivity contribution is -0.145. The van der Waals surface area contributed by atoms with Crippen LogP contribution in [-0.2, 0) is 4.79 Å². The number of carbonyl (C=O) groups is 1. The number of carboxylic acid groups (broad SMARTS) is 1. The van der Waals surface area contributed by atoms with Crippen LogP contribution in [-0.4, -0.2) is 17.2 Å². The van der Waals surface area contributed by atoms with E-state index in [4.69, 9.17) is 4.74 Å². The Bertz CT molecular complexity index is 636. The lowest BCUT2D eigenvalue weighted by Gasteiger charge is -2.40. The normalized spacial score (nSPS) is 31.0. The molecule has 0 amide bonds.